The van der Waals surface area contributed by atoms with Crippen molar-refractivity contribution in [2.45, 2.75) is 19.9 Å². The number of aryl methyl sites for hydroxylation is 1. The standard InChI is InChI=1S/C16H16N2O2/c1-11-5-7-13(8-6-11)14-10-15(16-4-3-9-20-16)18(17-14)12(2)19/h3-10,15,17H,1-2H3/t15-/m1/s1. The highest BCUT2D eigenvalue weighted by Gasteiger charge is 2.30. The van der Waals surface area contributed by atoms with Crippen LogP contribution in [0.15, 0.2) is 53.2 Å². The number of rotatable bonds is 2. The molecule has 0 saturated carbocycles. The Morgan fingerprint density at radius 3 is 2.60 bits per heavy atom. The van der Waals surface area contributed by atoms with Crippen LogP contribution < -0.4 is 5.43 Å². The van der Waals surface area contributed by atoms with Crippen molar-refractivity contribution in [2.75, 3.05) is 0 Å². The molecule has 1 aromatic heterocycles. The molecule has 102 valence electrons. The zero-order valence-corrected chi connectivity index (χ0v) is 11.5. The summed E-state index contributed by atoms with van der Waals surface area (Å²) in [6.45, 7) is 3.59. The van der Waals surface area contributed by atoms with Crippen molar-refractivity contribution >= 4 is 11.6 Å². The van der Waals surface area contributed by atoms with Gasteiger partial charge < -0.3 is 4.42 Å². The Morgan fingerprint density at radius 1 is 1.25 bits per heavy atom. The summed E-state index contributed by atoms with van der Waals surface area (Å²) in [6, 6.07) is 11.7. The van der Waals surface area contributed by atoms with Crippen molar-refractivity contribution in [3.63, 3.8) is 0 Å². The fourth-order valence-electron chi connectivity index (χ4n) is 2.31. The molecule has 0 fully saturated rings. The van der Waals surface area contributed by atoms with E-state index in [0.717, 1.165) is 17.0 Å². The van der Waals surface area contributed by atoms with Gasteiger partial charge in [-0.1, -0.05) is 29.8 Å². The number of hydrazine groups is 1. The number of carbonyl (C=O) groups excluding carboxylic acids is 1. The first kappa shape index (κ1) is 12.5. The monoisotopic (exact) mass is 268 g/mol. The maximum absolute atomic E-state index is 11.8. The van der Waals surface area contributed by atoms with Crippen molar-refractivity contribution in [3.8, 4) is 0 Å². The third-order valence-electron chi connectivity index (χ3n) is 3.38. The normalized spacial score (nSPS) is 17.8. The zero-order chi connectivity index (χ0) is 14.1. The molecule has 1 aliphatic rings. The summed E-state index contributed by atoms with van der Waals surface area (Å²) in [6.07, 6.45) is 3.62. The van der Waals surface area contributed by atoms with Gasteiger partial charge in [0.1, 0.15) is 11.8 Å². The largest absolute Gasteiger partial charge is 0.467 e. The average molecular weight is 268 g/mol. The maximum Gasteiger partial charge on any atom is 0.238 e. The number of hydrogen-bond donors (Lipinski definition) is 1. The van der Waals surface area contributed by atoms with Gasteiger partial charge >= 0.3 is 0 Å². The molecule has 1 atom stereocenters. The van der Waals surface area contributed by atoms with Crippen molar-refractivity contribution in [1.29, 1.82) is 0 Å². The lowest BCUT2D eigenvalue weighted by Crippen LogP contribution is -2.37. The minimum Gasteiger partial charge on any atom is -0.467 e. The summed E-state index contributed by atoms with van der Waals surface area (Å²) in [5.41, 5.74) is 6.33. The minimum atomic E-state index is -0.209. The average Bonchev–Trinajstić information content (AvgIpc) is 3.08. The van der Waals surface area contributed by atoms with Gasteiger partial charge in [0, 0.05) is 6.92 Å². The van der Waals surface area contributed by atoms with Gasteiger partial charge in [-0.15, -0.1) is 0 Å². The van der Waals surface area contributed by atoms with Crippen LogP contribution in [0, 0.1) is 6.92 Å². The van der Waals surface area contributed by atoms with Crippen LogP contribution in [0.5, 0.6) is 0 Å². The quantitative estimate of drug-likeness (QED) is 0.910. The first-order chi connectivity index (χ1) is 9.65. The predicted octanol–water partition coefficient (Wildman–Crippen LogP) is 3.04. The van der Waals surface area contributed by atoms with Crippen LogP contribution >= 0.6 is 0 Å². The van der Waals surface area contributed by atoms with Gasteiger partial charge in [-0.05, 0) is 30.7 Å². The van der Waals surface area contributed by atoms with E-state index in [1.165, 1.54) is 12.5 Å². The lowest BCUT2D eigenvalue weighted by molar-refractivity contribution is -0.132. The number of furan rings is 1. The van der Waals surface area contributed by atoms with Crippen molar-refractivity contribution in [1.82, 2.24) is 10.4 Å². The lowest BCUT2D eigenvalue weighted by atomic mass is 10.1. The number of carbonyl (C=O) groups is 1. The van der Waals surface area contributed by atoms with E-state index in [9.17, 15) is 4.79 Å². The molecule has 1 aliphatic heterocycles. The Hall–Kier alpha value is -2.49. The molecule has 1 aromatic carbocycles. The van der Waals surface area contributed by atoms with Crippen LogP contribution in [0.1, 0.15) is 29.9 Å². The molecule has 0 unspecified atom stereocenters. The Kier molecular flexibility index (Phi) is 3.06. The highest BCUT2D eigenvalue weighted by molar-refractivity contribution is 5.78. The first-order valence-corrected chi connectivity index (χ1v) is 6.54. The Morgan fingerprint density at radius 2 is 2.00 bits per heavy atom. The number of amides is 1. The van der Waals surface area contributed by atoms with Crippen LogP contribution in [0.2, 0.25) is 0 Å². The highest BCUT2D eigenvalue weighted by Crippen LogP contribution is 2.31. The van der Waals surface area contributed by atoms with Gasteiger partial charge in [-0.25, -0.2) is 5.01 Å². The summed E-state index contributed by atoms with van der Waals surface area (Å²) < 4.78 is 5.42. The zero-order valence-electron chi connectivity index (χ0n) is 11.5. The summed E-state index contributed by atoms with van der Waals surface area (Å²) >= 11 is 0. The highest BCUT2D eigenvalue weighted by atomic mass is 16.3. The molecule has 0 aliphatic carbocycles. The second-order valence-electron chi connectivity index (χ2n) is 4.91. The fraction of sp³-hybridized carbons (Fsp3) is 0.188. The minimum absolute atomic E-state index is 0.0511. The van der Waals surface area contributed by atoms with Crippen LogP contribution in [-0.4, -0.2) is 10.9 Å². The molecule has 3 rings (SSSR count). The van der Waals surface area contributed by atoms with Crippen molar-refractivity contribution < 1.29 is 9.21 Å². The van der Waals surface area contributed by atoms with E-state index in [1.807, 2.05) is 37.3 Å². The van der Waals surface area contributed by atoms with Crippen LogP contribution in [0.3, 0.4) is 0 Å². The Labute approximate surface area is 117 Å². The van der Waals surface area contributed by atoms with E-state index in [0.29, 0.717) is 0 Å². The summed E-state index contributed by atoms with van der Waals surface area (Å²) in [5, 5.41) is 1.58. The van der Waals surface area contributed by atoms with Crippen LogP contribution in [0.25, 0.3) is 5.70 Å². The number of hydrogen-bond acceptors (Lipinski definition) is 3. The molecule has 0 radical (unpaired) electrons. The predicted molar refractivity (Wildman–Crippen MR) is 76.3 cm³/mol. The third-order valence-corrected chi connectivity index (χ3v) is 3.38. The Balaban J connectivity index is 1.95. The molecule has 1 amide bonds. The van der Waals surface area contributed by atoms with E-state index in [1.54, 1.807) is 11.3 Å². The lowest BCUT2D eigenvalue weighted by Gasteiger charge is -2.22. The number of nitrogens with one attached hydrogen (secondary N) is 1. The summed E-state index contributed by atoms with van der Waals surface area (Å²) in [7, 11) is 0. The van der Waals surface area contributed by atoms with Crippen LogP contribution in [-0.2, 0) is 4.79 Å². The molecular formula is C16H16N2O2. The molecule has 20 heavy (non-hydrogen) atoms. The van der Waals surface area contributed by atoms with E-state index in [-0.39, 0.29) is 11.9 Å². The molecule has 4 nitrogen and oxygen atoms in total. The third kappa shape index (κ3) is 2.20. The second-order valence-corrected chi connectivity index (χ2v) is 4.91. The van der Waals surface area contributed by atoms with Gasteiger partial charge in [0.2, 0.25) is 5.91 Å². The van der Waals surface area contributed by atoms with E-state index >= 15 is 0 Å². The van der Waals surface area contributed by atoms with E-state index in [4.69, 9.17) is 4.42 Å². The maximum atomic E-state index is 11.8. The molecule has 4 heteroatoms. The van der Waals surface area contributed by atoms with Gasteiger partial charge in [0.25, 0.3) is 0 Å². The summed E-state index contributed by atoms with van der Waals surface area (Å²) in [5.74, 6) is 0.694. The topological polar surface area (TPSA) is 45.5 Å². The summed E-state index contributed by atoms with van der Waals surface area (Å²) in [4.78, 5) is 11.8. The van der Waals surface area contributed by atoms with Gasteiger partial charge in [0.15, 0.2) is 0 Å². The van der Waals surface area contributed by atoms with Crippen molar-refractivity contribution in [2.24, 2.45) is 0 Å². The van der Waals surface area contributed by atoms with Crippen molar-refractivity contribution in [3.05, 3.63) is 65.6 Å². The molecule has 2 heterocycles. The smallest absolute Gasteiger partial charge is 0.238 e. The molecule has 0 bridgehead atoms. The fourth-order valence-corrected chi connectivity index (χ4v) is 2.31. The SMILES string of the molecule is CC(=O)N1NC(c2ccc(C)cc2)=C[C@@H]1c1ccco1. The molecular weight excluding hydrogens is 252 g/mol. The van der Waals surface area contributed by atoms with E-state index in [2.05, 4.69) is 17.6 Å². The molecule has 0 saturated heterocycles. The second kappa shape index (κ2) is 4.89. The molecule has 1 N–H and O–H groups in total. The van der Waals surface area contributed by atoms with Gasteiger partial charge in [-0.3, -0.25) is 10.2 Å². The van der Waals surface area contributed by atoms with Gasteiger partial charge in [0.05, 0.1) is 12.0 Å². The van der Waals surface area contributed by atoms with Gasteiger partial charge in [-0.2, -0.15) is 0 Å². The van der Waals surface area contributed by atoms with Crippen LogP contribution in [0.4, 0.5) is 0 Å². The molecule has 2 aromatic rings. The molecule has 0 spiro atoms. The first-order valence-electron chi connectivity index (χ1n) is 6.54. The number of benzene rings is 1. The Bertz CT molecular complexity index is 642. The van der Waals surface area contributed by atoms with E-state index < -0.39 is 0 Å². The number of nitrogens with zero attached hydrogens (tertiary/aromatic N) is 1.